The number of halogens is 3. The largest absolute Gasteiger partial charge is 0.416 e. The molecule has 3 fully saturated rings. The van der Waals surface area contributed by atoms with E-state index in [9.17, 15) is 22.8 Å². The number of nitrogens with one attached hydrogen (secondary N) is 2. The molecule has 8 heteroatoms. The van der Waals surface area contributed by atoms with Gasteiger partial charge in [-0.3, -0.25) is 9.59 Å². The molecule has 2 heterocycles. The van der Waals surface area contributed by atoms with Gasteiger partial charge in [0.1, 0.15) is 0 Å². The van der Waals surface area contributed by atoms with Crippen LogP contribution in [0.15, 0.2) is 24.3 Å². The number of carbonyl (C=O) groups is 2. The Morgan fingerprint density at radius 3 is 2.39 bits per heavy atom. The van der Waals surface area contributed by atoms with Crippen LogP contribution in [0, 0.1) is 5.92 Å². The van der Waals surface area contributed by atoms with Crippen LogP contribution in [0.4, 0.5) is 13.2 Å². The maximum absolute atomic E-state index is 12.7. The Morgan fingerprint density at radius 2 is 1.75 bits per heavy atom. The van der Waals surface area contributed by atoms with Gasteiger partial charge in [0.25, 0.3) is 0 Å². The monoisotopic (exact) mass is 395 g/mol. The van der Waals surface area contributed by atoms with Gasteiger partial charge in [0.2, 0.25) is 11.8 Å². The van der Waals surface area contributed by atoms with E-state index < -0.39 is 11.7 Å². The van der Waals surface area contributed by atoms with E-state index in [-0.39, 0.29) is 35.7 Å². The van der Waals surface area contributed by atoms with Gasteiger partial charge in [-0.15, -0.1) is 0 Å². The molecule has 4 atom stereocenters. The minimum atomic E-state index is -4.34. The number of hydrogen-bond acceptors (Lipinski definition) is 3. The van der Waals surface area contributed by atoms with Crippen molar-refractivity contribution in [2.45, 2.75) is 49.9 Å². The first kappa shape index (κ1) is 19.2. The Hall–Kier alpha value is -2.09. The molecule has 2 N–H and O–H groups in total. The first-order chi connectivity index (χ1) is 13.3. The highest BCUT2D eigenvalue weighted by Gasteiger charge is 2.43. The lowest BCUT2D eigenvalue weighted by molar-refractivity contribution is -0.137. The van der Waals surface area contributed by atoms with Crippen LogP contribution in [-0.4, -0.2) is 48.4 Å². The highest BCUT2D eigenvalue weighted by Crippen LogP contribution is 2.42. The summed E-state index contributed by atoms with van der Waals surface area (Å²) in [6.45, 7) is 2.07. The van der Waals surface area contributed by atoms with Crippen molar-refractivity contribution in [2.24, 2.45) is 5.92 Å². The molecule has 28 heavy (non-hydrogen) atoms. The van der Waals surface area contributed by atoms with Crippen molar-refractivity contribution in [1.29, 1.82) is 0 Å². The summed E-state index contributed by atoms with van der Waals surface area (Å²) in [7, 11) is 0. The topological polar surface area (TPSA) is 61.4 Å². The van der Waals surface area contributed by atoms with E-state index in [1.165, 1.54) is 12.1 Å². The van der Waals surface area contributed by atoms with Gasteiger partial charge in [-0.25, -0.2) is 0 Å². The number of carbonyl (C=O) groups excluding carboxylic acids is 2. The van der Waals surface area contributed by atoms with Crippen molar-refractivity contribution < 1.29 is 22.8 Å². The fourth-order valence-electron chi connectivity index (χ4n) is 4.22. The number of rotatable bonds is 4. The van der Waals surface area contributed by atoms with Gasteiger partial charge in [0.15, 0.2) is 0 Å². The van der Waals surface area contributed by atoms with Gasteiger partial charge < -0.3 is 15.5 Å². The second-order valence-electron chi connectivity index (χ2n) is 8.00. The molecule has 0 aromatic heterocycles. The zero-order valence-corrected chi connectivity index (χ0v) is 15.5. The highest BCUT2D eigenvalue weighted by atomic mass is 19.4. The maximum Gasteiger partial charge on any atom is 0.416 e. The first-order valence-corrected chi connectivity index (χ1v) is 9.82. The Balaban J connectivity index is 1.27. The lowest BCUT2D eigenvalue weighted by atomic mass is 10.0. The van der Waals surface area contributed by atoms with E-state index in [2.05, 4.69) is 10.6 Å². The Bertz CT molecular complexity index is 744. The van der Waals surface area contributed by atoms with Crippen LogP contribution < -0.4 is 10.6 Å². The summed E-state index contributed by atoms with van der Waals surface area (Å²) >= 11 is 0. The fraction of sp³-hybridized carbons (Fsp3) is 0.600. The Morgan fingerprint density at radius 1 is 1.07 bits per heavy atom. The van der Waals surface area contributed by atoms with Crippen LogP contribution in [0.3, 0.4) is 0 Å². The lowest BCUT2D eigenvalue weighted by Gasteiger charge is -2.19. The molecule has 2 amide bonds. The molecule has 2 aliphatic heterocycles. The highest BCUT2D eigenvalue weighted by molar-refractivity contribution is 5.86. The molecule has 3 aliphatic rings. The summed E-state index contributed by atoms with van der Waals surface area (Å²) in [6, 6.07) is 4.81. The molecule has 5 nitrogen and oxygen atoms in total. The Kier molecular flexibility index (Phi) is 5.07. The smallest absolute Gasteiger partial charge is 0.352 e. The predicted octanol–water partition coefficient (Wildman–Crippen LogP) is 2.28. The van der Waals surface area contributed by atoms with Crippen molar-refractivity contribution in [3.8, 4) is 0 Å². The minimum Gasteiger partial charge on any atom is -0.352 e. The molecule has 0 radical (unpaired) electrons. The van der Waals surface area contributed by atoms with Gasteiger partial charge in [0, 0.05) is 31.6 Å². The minimum absolute atomic E-state index is 0.0439. The number of amides is 2. The maximum atomic E-state index is 12.7. The third-order valence-corrected chi connectivity index (χ3v) is 6.00. The molecule has 152 valence electrons. The normalized spacial score (nSPS) is 29.8. The molecular weight excluding hydrogens is 371 g/mol. The van der Waals surface area contributed by atoms with Gasteiger partial charge in [-0.2, -0.15) is 13.2 Å². The molecule has 1 unspecified atom stereocenters. The van der Waals surface area contributed by atoms with Gasteiger partial charge >= 0.3 is 6.18 Å². The average Bonchev–Trinajstić information content (AvgIpc) is 3.07. The average molecular weight is 395 g/mol. The van der Waals surface area contributed by atoms with E-state index in [4.69, 9.17) is 0 Å². The second kappa shape index (κ2) is 7.39. The standard InChI is InChI=1S/C20H24F3N3O2/c21-20(22,23)14-5-3-12(4-6-14)15-10-16(15)25-18(27)13-9-17(24-11-13)19(28)26-7-1-2-8-26/h3-6,13,15-17,24H,1-2,7-11H2,(H,25,27)/t13-,15+,16?,17-/m0/s1. The summed E-state index contributed by atoms with van der Waals surface area (Å²) < 4.78 is 38.0. The molecule has 1 aromatic rings. The number of hydrogen-bond donors (Lipinski definition) is 2. The van der Waals surface area contributed by atoms with Crippen LogP contribution in [0.2, 0.25) is 0 Å². The first-order valence-electron chi connectivity index (χ1n) is 9.82. The van der Waals surface area contributed by atoms with E-state index in [0.717, 1.165) is 50.0 Å². The molecule has 1 aromatic carbocycles. The van der Waals surface area contributed by atoms with E-state index >= 15 is 0 Å². The van der Waals surface area contributed by atoms with E-state index in [0.29, 0.717) is 13.0 Å². The zero-order valence-electron chi connectivity index (χ0n) is 15.5. The summed E-state index contributed by atoms with van der Waals surface area (Å²) in [6.07, 6.45) is -1.04. The molecule has 2 saturated heterocycles. The van der Waals surface area contributed by atoms with Crippen molar-refractivity contribution in [1.82, 2.24) is 15.5 Å². The Labute approximate surface area is 161 Å². The quantitative estimate of drug-likeness (QED) is 0.822. The second-order valence-corrected chi connectivity index (χ2v) is 8.00. The van der Waals surface area contributed by atoms with Crippen LogP contribution in [0.5, 0.6) is 0 Å². The molecule has 0 spiro atoms. The van der Waals surface area contributed by atoms with Crippen LogP contribution in [0.1, 0.15) is 42.7 Å². The fourth-order valence-corrected chi connectivity index (χ4v) is 4.22. The molecule has 1 aliphatic carbocycles. The predicted molar refractivity (Wildman–Crippen MR) is 96.4 cm³/mol. The van der Waals surface area contributed by atoms with Crippen molar-refractivity contribution >= 4 is 11.8 Å². The number of likely N-dealkylation sites (tertiary alicyclic amines) is 1. The molecular formula is C20H24F3N3O2. The van der Waals surface area contributed by atoms with Gasteiger partial charge in [-0.05, 0) is 43.4 Å². The van der Waals surface area contributed by atoms with E-state index in [1.807, 2.05) is 4.90 Å². The molecule has 4 rings (SSSR count). The van der Waals surface area contributed by atoms with Crippen molar-refractivity contribution in [3.05, 3.63) is 35.4 Å². The third kappa shape index (κ3) is 4.01. The lowest BCUT2D eigenvalue weighted by Crippen LogP contribution is -2.42. The van der Waals surface area contributed by atoms with Crippen LogP contribution in [-0.2, 0) is 15.8 Å². The van der Waals surface area contributed by atoms with Crippen molar-refractivity contribution in [2.75, 3.05) is 19.6 Å². The van der Waals surface area contributed by atoms with Gasteiger partial charge in [0.05, 0.1) is 17.5 Å². The number of alkyl halides is 3. The summed E-state index contributed by atoms with van der Waals surface area (Å²) in [5, 5.41) is 6.15. The SMILES string of the molecule is O=C(NC1C[C@@H]1c1ccc(C(F)(F)F)cc1)[C@@H]1CN[C@H](C(=O)N2CCCC2)C1. The number of nitrogens with zero attached hydrogens (tertiary/aromatic N) is 1. The molecule has 0 bridgehead atoms. The zero-order chi connectivity index (χ0) is 19.9. The molecule has 1 saturated carbocycles. The summed E-state index contributed by atoms with van der Waals surface area (Å²) in [4.78, 5) is 26.8. The third-order valence-electron chi connectivity index (χ3n) is 6.00. The summed E-state index contributed by atoms with van der Waals surface area (Å²) in [5.41, 5.74) is 0.146. The van der Waals surface area contributed by atoms with Gasteiger partial charge in [-0.1, -0.05) is 12.1 Å². The van der Waals surface area contributed by atoms with Crippen LogP contribution in [0.25, 0.3) is 0 Å². The van der Waals surface area contributed by atoms with E-state index in [1.54, 1.807) is 0 Å². The van der Waals surface area contributed by atoms with Crippen LogP contribution >= 0.6 is 0 Å². The van der Waals surface area contributed by atoms with Crippen molar-refractivity contribution in [3.63, 3.8) is 0 Å². The summed E-state index contributed by atoms with van der Waals surface area (Å²) in [5.74, 6) is -0.182. The number of benzene rings is 1.